The predicted molar refractivity (Wildman–Crippen MR) is 64.4 cm³/mol. The minimum absolute atomic E-state index is 0.123. The highest BCUT2D eigenvalue weighted by molar-refractivity contribution is 5.16. The standard InChI is InChI=1S/C12H18N4O/c1-3-4-11(13)10-5-6-16(7-10)8-12-9(2)14-17-15-12/h5-7,11H,3-4,8,13H2,1-2H3. The average molecular weight is 234 g/mol. The topological polar surface area (TPSA) is 69.9 Å². The Hall–Kier alpha value is -1.62. The van der Waals surface area contributed by atoms with Gasteiger partial charge in [-0.3, -0.25) is 0 Å². The summed E-state index contributed by atoms with van der Waals surface area (Å²) in [5.74, 6) is 0. The van der Waals surface area contributed by atoms with Crippen LogP contribution >= 0.6 is 0 Å². The molecule has 0 fully saturated rings. The first-order valence-corrected chi connectivity index (χ1v) is 5.90. The van der Waals surface area contributed by atoms with E-state index in [1.165, 1.54) is 5.56 Å². The first kappa shape index (κ1) is 11.9. The normalized spacial score (nSPS) is 12.9. The Morgan fingerprint density at radius 3 is 2.94 bits per heavy atom. The van der Waals surface area contributed by atoms with Crippen LogP contribution in [0.3, 0.4) is 0 Å². The van der Waals surface area contributed by atoms with Crippen molar-refractivity contribution in [2.75, 3.05) is 0 Å². The Bertz CT molecular complexity index is 474. The Labute approximate surface area is 101 Å². The van der Waals surface area contributed by atoms with Gasteiger partial charge in [-0.15, -0.1) is 0 Å². The molecule has 0 radical (unpaired) electrons. The Morgan fingerprint density at radius 2 is 2.29 bits per heavy atom. The van der Waals surface area contributed by atoms with Gasteiger partial charge >= 0.3 is 0 Å². The van der Waals surface area contributed by atoms with E-state index in [1.807, 2.05) is 13.1 Å². The fraction of sp³-hybridized carbons (Fsp3) is 0.500. The van der Waals surface area contributed by atoms with E-state index in [0.29, 0.717) is 6.54 Å². The summed E-state index contributed by atoms with van der Waals surface area (Å²) in [5, 5.41) is 7.62. The number of hydrogen-bond donors (Lipinski definition) is 1. The summed E-state index contributed by atoms with van der Waals surface area (Å²) in [7, 11) is 0. The molecule has 2 aromatic rings. The molecule has 5 heteroatoms. The molecule has 0 saturated carbocycles. The summed E-state index contributed by atoms with van der Waals surface area (Å²) in [5.41, 5.74) is 8.92. The third-order valence-corrected chi connectivity index (χ3v) is 2.88. The largest absolute Gasteiger partial charge is 0.348 e. The van der Waals surface area contributed by atoms with E-state index in [1.54, 1.807) is 0 Å². The van der Waals surface area contributed by atoms with Crippen LogP contribution in [-0.2, 0) is 6.54 Å². The van der Waals surface area contributed by atoms with Crippen molar-refractivity contribution in [1.29, 1.82) is 0 Å². The fourth-order valence-electron chi connectivity index (χ4n) is 1.82. The van der Waals surface area contributed by atoms with Gasteiger partial charge in [-0.25, -0.2) is 4.63 Å². The van der Waals surface area contributed by atoms with Crippen molar-refractivity contribution in [2.45, 2.75) is 39.3 Å². The summed E-state index contributed by atoms with van der Waals surface area (Å²) in [6.45, 7) is 4.70. The van der Waals surface area contributed by atoms with Gasteiger partial charge in [-0.1, -0.05) is 23.7 Å². The number of aromatic nitrogens is 3. The van der Waals surface area contributed by atoms with Crippen LogP contribution in [0.25, 0.3) is 0 Å². The van der Waals surface area contributed by atoms with Gasteiger partial charge in [0.25, 0.3) is 0 Å². The van der Waals surface area contributed by atoms with Crippen LogP contribution in [0.5, 0.6) is 0 Å². The molecule has 1 atom stereocenters. The van der Waals surface area contributed by atoms with Crippen molar-refractivity contribution in [1.82, 2.24) is 14.9 Å². The van der Waals surface area contributed by atoms with Crippen LogP contribution in [0.1, 0.15) is 42.8 Å². The van der Waals surface area contributed by atoms with E-state index in [0.717, 1.165) is 24.2 Å². The van der Waals surface area contributed by atoms with E-state index in [2.05, 4.69) is 38.7 Å². The third-order valence-electron chi connectivity index (χ3n) is 2.88. The zero-order chi connectivity index (χ0) is 12.3. The van der Waals surface area contributed by atoms with Crippen LogP contribution in [0.15, 0.2) is 23.1 Å². The van der Waals surface area contributed by atoms with E-state index < -0.39 is 0 Å². The van der Waals surface area contributed by atoms with Gasteiger partial charge in [-0.05, 0) is 25.0 Å². The number of hydrogen-bond acceptors (Lipinski definition) is 4. The molecule has 0 aromatic carbocycles. The molecular formula is C12H18N4O. The van der Waals surface area contributed by atoms with E-state index in [4.69, 9.17) is 5.73 Å². The summed E-state index contributed by atoms with van der Waals surface area (Å²) < 4.78 is 6.73. The molecule has 17 heavy (non-hydrogen) atoms. The van der Waals surface area contributed by atoms with Crippen LogP contribution in [-0.4, -0.2) is 14.9 Å². The second kappa shape index (κ2) is 5.14. The minimum atomic E-state index is 0.123. The Kier molecular flexibility index (Phi) is 3.58. The summed E-state index contributed by atoms with van der Waals surface area (Å²) in [6.07, 6.45) is 6.18. The minimum Gasteiger partial charge on any atom is -0.348 e. The molecule has 0 saturated heterocycles. The van der Waals surface area contributed by atoms with E-state index >= 15 is 0 Å². The lowest BCUT2D eigenvalue weighted by atomic mass is 10.1. The highest BCUT2D eigenvalue weighted by atomic mass is 16.6. The zero-order valence-corrected chi connectivity index (χ0v) is 10.3. The van der Waals surface area contributed by atoms with Crippen molar-refractivity contribution < 1.29 is 4.63 Å². The lowest BCUT2D eigenvalue weighted by Crippen LogP contribution is -2.08. The molecule has 0 bridgehead atoms. The lowest BCUT2D eigenvalue weighted by Gasteiger charge is -2.07. The van der Waals surface area contributed by atoms with Gasteiger partial charge in [0.15, 0.2) is 0 Å². The van der Waals surface area contributed by atoms with Crippen molar-refractivity contribution in [3.63, 3.8) is 0 Å². The van der Waals surface area contributed by atoms with Crippen LogP contribution in [0.4, 0.5) is 0 Å². The predicted octanol–water partition coefficient (Wildman–Crippen LogP) is 2.03. The van der Waals surface area contributed by atoms with Crippen LogP contribution < -0.4 is 5.73 Å². The first-order chi connectivity index (χ1) is 8.20. The van der Waals surface area contributed by atoms with Gasteiger partial charge in [0, 0.05) is 18.4 Å². The molecular weight excluding hydrogens is 216 g/mol. The van der Waals surface area contributed by atoms with Gasteiger partial charge in [0.1, 0.15) is 11.4 Å². The molecule has 0 aliphatic carbocycles. The Balaban J connectivity index is 2.06. The second-order valence-corrected chi connectivity index (χ2v) is 4.31. The molecule has 0 amide bonds. The molecule has 2 heterocycles. The molecule has 0 aliphatic rings. The number of rotatable bonds is 5. The number of nitrogens with zero attached hydrogens (tertiary/aromatic N) is 3. The first-order valence-electron chi connectivity index (χ1n) is 5.90. The molecule has 0 spiro atoms. The molecule has 92 valence electrons. The van der Waals surface area contributed by atoms with Crippen LogP contribution in [0, 0.1) is 6.92 Å². The van der Waals surface area contributed by atoms with Gasteiger partial charge in [-0.2, -0.15) is 0 Å². The quantitative estimate of drug-likeness (QED) is 0.859. The Morgan fingerprint density at radius 1 is 1.47 bits per heavy atom. The summed E-state index contributed by atoms with van der Waals surface area (Å²) >= 11 is 0. The van der Waals surface area contributed by atoms with Crippen molar-refractivity contribution in [3.05, 3.63) is 35.4 Å². The number of nitrogens with two attached hydrogens (primary N) is 1. The van der Waals surface area contributed by atoms with Crippen LogP contribution in [0.2, 0.25) is 0 Å². The monoisotopic (exact) mass is 234 g/mol. The molecule has 2 rings (SSSR count). The summed E-state index contributed by atoms with van der Waals surface area (Å²) in [4.78, 5) is 0. The molecule has 5 nitrogen and oxygen atoms in total. The van der Waals surface area contributed by atoms with E-state index in [9.17, 15) is 0 Å². The molecule has 0 aliphatic heterocycles. The number of aryl methyl sites for hydroxylation is 1. The SMILES string of the molecule is CCCC(N)c1ccn(Cc2nonc2C)c1. The molecule has 2 N–H and O–H groups in total. The van der Waals surface area contributed by atoms with Crippen molar-refractivity contribution in [3.8, 4) is 0 Å². The maximum absolute atomic E-state index is 6.06. The summed E-state index contributed by atoms with van der Waals surface area (Å²) in [6, 6.07) is 2.18. The third kappa shape index (κ3) is 2.74. The highest BCUT2D eigenvalue weighted by Crippen LogP contribution is 2.16. The maximum atomic E-state index is 6.06. The lowest BCUT2D eigenvalue weighted by molar-refractivity contribution is 0.300. The zero-order valence-electron chi connectivity index (χ0n) is 10.3. The van der Waals surface area contributed by atoms with Crippen molar-refractivity contribution in [2.24, 2.45) is 5.73 Å². The maximum Gasteiger partial charge on any atom is 0.127 e. The average Bonchev–Trinajstić information content (AvgIpc) is 2.90. The second-order valence-electron chi connectivity index (χ2n) is 4.31. The fourth-order valence-corrected chi connectivity index (χ4v) is 1.82. The smallest absolute Gasteiger partial charge is 0.127 e. The van der Waals surface area contributed by atoms with Gasteiger partial charge < -0.3 is 10.3 Å². The molecule has 1 unspecified atom stereocenters. The van der Waals surface area contributed by atoms with Gasteiger partial charge in [0.05, 0.1) is 6.54 Å². The molecule has 2 aromatic heterocycles. The van der Waals surface area contributed by atoms with E-state index in [-0.39, 0.29) is 6.04 Å². The van der Waals surface area contributed by atoms with Gasteiger partial charge in [0.2, 0.25) is 0 Å². The highest BCUT2D eigenvalue weighted by Gasteiger charge is 2.09. The van der Waals surface area contributed by atoms with Crippen molar-refractivity contribution >= 4 is 0 Å².